The Labute approximate surface area is 165 Å². The van der Waals surface area contributed by atoms with Crippen molar-refractivity contribution >= 4 is 5.97 Å². The van der Waals surface area contributed by atoms with Crippen molar-refractivity contribution in [1.82, 2.24) is 9.97 Å². The van der Waals surface area contributed by atoms with Gasteiger partial charge in [0, 0.05) is 18.3 Å². The summed E-state index contributed by atoms with van der Waals surface area (Å²) in [4.78, 5) is 19.1. The first kappa shape index (κ1) is 23.7. The maximum atomic E-state index is 12.2. The van der Waals surface area contributed by atoms with E-state index in [0.29, 0.717) is 18.9 Å². The van der Waals surface area contributed by atoms with Gasteiger partial charge in [0.2, 0.25) is 0 Å². The summed E-state index contributed by atoms with van der Waals surface area (Å²) >= 11 is 0. The van der Waals surface area contributed by atoms with Gasteiger partial charge < -0.3 is 15.5 Å². The third-order valence-corrected chi connectivity index (χ3v) is 5.19. The number of carbonyl (C=O) groups is 1. The second-order valence-corrected chi connectivity index (χ2v) is 7.79. The van der Waals surface area contributed by atoms with Gasteiger partial charge in [-0.3, -0.25) is 4.79 Å². The molecule has 0 amide bonds. The van der Waals surface area contributed by atoms with Crippen LogP contribution in [0.25, 0.3) is 0 Å². The fourth-order valence-electron chi connectivity index (χ4n) is 3.41. The molecule has 0 saturated carbocycles. The number of H-pyrrole nitrogens is 1. The van der Waals surface area contributed by atoms with E-state index in [1.807, 2.05) is 0 Å². The second kappa shape index (κ2) is 15.7. The number of rotatable bonds is 17. The van der Waals surface area contributed by atoms with Crippen molar-refractivity contribution in [3.05, 3.63) is 18.2 Å². The molecule has 0 radical (unpaired) electrons. The number of esters is 1. The molecule has 2 atom stereocenters. The van der Waals surface area contributed by atoms with Crippen LogP contribution in [0, 0.1) is 5.92 Å². The van der Waals surface area contributed by atoms with Gasteiger partial charge >= 0.3 is 5.97 Å². The van der Waals surface area contributed by atoms with Crippen molar-refractivity contribution in [2.45, 2.75) is 103 Å². The van der Waals surface area contributed by atoms with Crippen molar-refractivity contribution in [3.8, 4) is 0 Å². The monoisotopic (exact) mass is 379 g/mol. The molecule has 1 unspecified atom stereocenters. The zero-order valence-electron chi connectivity index (χ0n) is 17.5. The van der Waals surface area contributed by atoms with Crippen LogP contribution < -0.4 is 5.73 Å². The van der Waals surface area contributed by atoms with E-state index in [9.17, 15) is 4.79 Å². The van der Waals surface area contributed by atoms with E-state index in [1.54, 1.807) is 12.5 Å². The standard InChI is InChI=1S/C22H41N3O2/c1-3-5-7-9-10-12-14-19(13-11-8-6-4-2)17-27-22(26)21(23)15-20-16-24-18-25-20/h16,18-19,21H,3-15,17,23H2,1-2H3,(H,24,25)/t19?,21-/m0/s1. The molecule has 0 aliphatic rings. The van der Waals surface area contributed by atoms with Crippen molar-refractivity contribution in [2.75, 3.05) is 6.61 Å². The summed E-state index contributed by atoms with van der Waals surface area (Å²) in [6.45, 7) is 4.99. The van der Waals surface area contributed by atoms with Gasteiger partial charge in [0.1, 0.15) is 6.04 Å². The van der Waals surface area contributed by atoms with Gasteiger partial charge in [0.15, 0.2) is 0 Å². The molecule has 27 heavy (non-hydrogen) atoms. The summed E-state index contributed by atoms with van der Waals surface area (Å²) in [6.07, 6.45) is 18.9. The Balaban J connectivity index is 2.31. The molecule has 0 spiro atoms. The summed E-state index contributed by atoms with van der Waals surface area (Å²) in [5.74, 6) is 0.169. The smallest absolute Gasteiger partial charge is 0.323 e. The van der Waals surface area contributed by atoms with Gasteiger partial charge in [-0.1, -0.05) is 78.1 Å². The van der Waals surface area contributed by atoms with E-state index in [1.165, 1.54) is 64.2 Å². The third-order valence-electron chi connectivity index (χ3n) is 5.19. The molecule has 1 aromatic heterocycles. The van der Waals surface area contributed by atoms with Crippen LogP contribution in [0.4, 0.5) is 0 Å². The largest absolute Gasteiger partial charge is 0.464 e. The SMILES string of the molecule is CCCCCCCCC(CCCCCC)COC(=O)[C@@H](N)Cc1cnc[nH]1. The van der Waals surface area contributed by atoms with Crippen LogP contribution >= 0.6 is 0 Å². The number of imidazole rings is 1. The van der Waals surface area contributed by atoms with Crippen LogP contribution in [-0.2, 0) is 16.0 Å². The molecule has 5 nitrogen and oxygen atoms in total. The highest BCUT2D eigenvalue weighted by Crippen LogP contribution is 2.19. The van der Waals surface area contributed by atoms with Gasteiger partial charge in [-0.15, -0.1) is 0 Å². The molecule has 1 aromatic rings. The Bertz CT molecular complexity index is 462. The zero-order chi connectivity index (χ0) is 19.7. The summed E-state index contributed by atoms with van der Waals surface area (Å²) < 4.78 is 5.57. The van der Waals surface area contributed by atoms with Crippen LogP contribution in [0.3, 0.4) is 0 Å². The van der Waals surface area contributed by atoms with Crippen molar-refractivity contribution < 1.29 is 9.53 Å². The van der Waals surface area contributed by atoms with Crippen LogP contribution in [0.1, 0.15) is 96.6 Å². The first-order valence-electron chi connectivity index (χ1n) is 11.1. The van der Waals surface area contributed by atoms with E-state index in [4.69, 9.17) is 10.5 Å². The van der Waals surface area contributed by atoms with Crippen molar-refractivity contribution in [3.63, 3.8) is 0 Å². The Morgan fingerprint density at radius 2 is 1.63 bits per heavy atom. The van der Waals surface area contributed by atoms with E-state index in [0.717, 1.165) is 18.5 Å². The van der Waals surface area contributed by atoms with Gasteiger partial charge in [-0.25, -0.2) is 4.98 Å². The molecule has 156 valence electrons. The predicted molar refractivity (Wildman–Crippen MR) is 111 cm³/mol. The fraction of sp³-hybridized carbons (Fsp3) is 0.818. The number of ether oxygens (including phenoxy) is 1. The van der Waals surface area contributed by atoms with E-state index in [-0.39, 0.29) is 5.97 Å². The first-order valence-corrected chi connectivity index (χ1v) is 11.1. The number of carbonyl (C=O) groups excluding carboxylic acids is 1. The number of aromatic nitrogens is 2. The molecule has 0 fully saturated rings. The normalized spacial score (nSPS) is 13.4. The van der Waals surface area contributed by atoms with Crippen molar-refractivity contribution in [1.29, 1.82) is 0 Å². The number of nitrogens with one attached hydrogen (secondary N) is 1. The Morgan fingerprint density at radius 3 is 2.22 bits per heavy atom. The number of unbranched alkanes of at least 4 members (excludes halogenated alkanes) is 8. The summed E-state index contributed by atoms with van der Waals surface area (Å²) in [5.41, 5.74) is 6.84. The first-order chi connectivity index (χ1) is 13.2. The second-order valence-electron chi connectivity index (χ2n) is 7.79. The van der Waals surface area contributed by atoms with Gasteiger partial charge in [-0.05, 0) is 18.8 Å². The number of nitrogens with zero attached hydrogens (tertiary/aromatic N) is 1. The lowest BCUT2D eigenvalue weighted by molar-refractivity contribution is -0.146. The van der Waals surface area contributed by atoms with Crippen LogP contribution in [-0.4, -0.2) is 28.6 Å². The molecule has 0 aliphatic heterocycles. The van der Waals surface area contributed by atoms with Crippen LogP contribution in [0.2, 0.25) is 0 Å². The number of hydrogen-bond donors (Lipinski definition) is 2. The zero-order valence-corrected chi connectivity index (χ0v) is 17.5. The average molecular weight is 380 g/mol. The summed E-state index contributed by atoms with van der Waals surface area (Å²) in [6, 6.07) is -0.625. The molecular weight excluding hydrogens is 338 g/mol. The lowest BCUT2D eigenvalue weighted by Crippen LogP contribution is -2.35. The van der Waals surface area contributed by atoms with Crippen LogP contribution in [0.15, 0.2) is 12.5 Å². The maximum absolute atomic E-state index is 12.2. The lowest BCUT2D eigenvalue weighted by atomic mass is 9.95. The topological polar surface area (TPSA) is 81.0 Å². The quantitative estimate of drug-likeness (QED) is 0.289. The third kappa shape index (κ3) is 11.9. The molecule has 3 N–H and O–H groups in total. The molecule has 0 aliphatic carbocycles. The van der Waals surface area contributed by atoms with E-state index in [2.05, 4.69) is 23.8 Å². The molecular formula is C22H41N3O2. The highest BCUT2D eigenvalue weighted by molar-refractivity contribution is 5.75. The molecule has 1 rings (SSSR count). The number of hydrogen-bond acceptors (Lipinski definition) is 4. The van der Waals surface area contributed by atoms with Crippen molar-refractivity contribution in [2.24, 2.45) is 11.7 Å². The van der Waals surface area contributed by atoms with Crippen LogP contribution in [0.5, 0.6) is 0 Å². The molecule has 0 saturated heterocycles. The maximum Gasteiger partial charge on any atom is 0.323 e. The molecule has 0 aromatic carbocycles. The molecule has 0 bridgehead atoms. The predicted octanol–water partition coefficient (Wildman–Crippen LogP) is 5.16. The Kier molecular flexibility index (Phi) is 13.7. The highest BCUT2D eigenvalue weighted by atomic mass is 16.5. The van der Waals surface area contributed by atoms with Gasteiger partial charge in [0.25, 0.3) is 0 Å². The minimum atomic E-state index is -0.625. The van der Waals surface area contributed by atoms with Gasteiger partial charge in [-0.2, -0.15) is 0 Å². The summed E-state index contributed by atoms with van der Waals surface area (Å²) in [5, 5.41) is 0. The lowest BCUT2D eigenvalue weighted by Gasteiger charge is -2.18. The van der Waals surface area contributed by atoms with E-state index < -0.39 is 6.04 Å². The highest BCUT2D eigenvalue weighted by Gasteiger charge is 2.18. The minimum Gasteiger partial charge on any atom is -0.464 e. The number of aromatic amines is 1. The number of nitrogens with two attached hydrogens (primary N) is 1. The summed E-state index contributed by atoms with van der Waals surface area (Å²) in [7, 11) is 0. The molecule has 1 heterocycles. The van der Waals surface area contributed by atoms with E-state index >= 15 is 0 Å². The Hall–Kier alpha value is -1.36. The fourth-order valence-corrected chi connectivity index (χ4v) is 3.41. The molecule has 5 heteroatoms. The minimum absolute atomic E-state index is 0.300. The average Bonchev–Trinajstić information content (AvgIpc) is 3.17. The Morgan fingerprint density at radius 1 is 1.04 bits per heavy atom. The van der Waals surface area contributed by atoms with Gasteiger partial charge in [0.05, 0.1) is 12.9 Å².